The Balaban J connectivity index is 2.98. The van der Waals surface area contributed by atoms with Crippen LogP contribution in [0.1, 0.15) is 11.7 Å². The molecule has 0 aliphatic carbocycles. The monoisotopic (exact) mass is 232 g/mol. The number of para-hydroxylation sites is 1. The molecule has 5 nitrogen and oxygen atoms in total. The summed E-state index contributed by atoms with van der Waals surface area (Å²) in [6, 6.07) is 6.21. The second-order valence-corrected chi connectivity index (χ2v) is 4.53. The maximum absolute atomic E-state index is 10.7. The molecule has 15 heavy (non-hydrogen) atoms. The number of phenolic OH excluding ortho intramolecular Hbond substituents is 1. The Morgan fingerprint density at radius 1 is 1.40 bits per heavy atom. The summed E-state index contributed by atoms with van der Waals surface area (Å²) < 4.78 is 34.9. The van der Waals surface area contributed by atoms with Gasteiger partial charge in [0.05, 0.1) is 0 Å². The van der Waals surface area contributed by atoms with Crippen molar-refractivity contribution in [1.29, 1.82) is 0 Å². The SMILES string of the molecule is COC(CS(=O)(=O)O)c1ccccc1O. The fourth-order valence-corrected chi connectivity index (χ4v) is 1.93. The molecule has 0 aliphatic heterocycles. The minimum atomic E-state index is -4.14. The van der Waals surface area contributed by atoms with Gasteiger partial charge in [-0.1, -0.05) is 18.2 Å². The van der Waals surface area contributed by atoms with Gasteiger partial charge < -0.3 is 9.84 Å². The second kappa shape index (κ2) is 4.61. The second-order valence-electron chi connectivity index (χ2n) is 3.03. The van der Waals surface area contributed by atoms with Crippen LogP contribution >= 0.6 is 0 Å². The lowest BCUT2D eigenvalue weighted by Gasteiger charge is -2.14. The highest BCUT2D eigenvalue weighted by molar-refractivity contribution is 7.85. The number of benzene rings is 1. The largest absolute Gasteiger partial charge is 0.508 e. The van der Waals surface area contributed by atoms with Crippen molar-refractivity contribution in [2.75, 3.05) is 12.9 Å². The van der Waals surface area contributed by atoms with Crippen molar-refractivity contribution in [2.24, 2.45) is 0 Å². The minimum absolute atomic E-state index is 0.0620. The summed E-state index contributed by atoms with van der Waals surface area (Å²) in [5.41, 5.74) is 0.331. The fourth-order valence-electron chi connectivity index (χ4n) is 1.24. The third kappa shape index (κ3) is 3.50. The number of phenols is 1. The van der Waals surface area contributed by atoms with Gasteiger partial charge in [-0.15, -0.1) is 0 Å². The zero-order valence-electron chi connectivity index (χ0n) is 8.12. The Kier molecular flexibility index (Phi) is 3.67. The van der Waals surface area contributed by atoms with Crippen molar-refractivity contribution < 1.29 is 22.8 Å². The lowest BCUT2D eigenvalue weighted by Crippen LogP contribution is -2.15. The van der Waals surface area contributed by atoms with Gasteiger partial charge in [0, 0.05) is 12.7 Å². The average molecular weight is 232 g/mol. The first-order valence-corrected chi connectivity index (χ1v) is 5.81. The van der Waals surface area contributed by atoms with Crippen LogP contribution in [0.5, 0.6) is 5.75 Å². The summed E-state index contributed by atoms with van der Waals surface area (Å²) in [6.07, 6.45) is -0.874. The van der Waals surface area contributed by atoms with Crippen LogP contribution < -0.4 is 0 Å². The first kappa shape index (κ1) is 12.0. The molecule has 2 N–H and O–H groups in total. The highest BCUT2D eigenvalue weighted by Gasteiger charge is 2.20. The summed E-state index contributed by atoms with van der Waals surface area (Å²) in [6.45, 7) is 0. The van der Waals surface area contributed by atoms with Gasteiger partial charge >= 0.3 is 0 Å². The van der Waals surface area contributed by atoms with E-state index in [9.17, 15) is 13.5 Å². The number of hydrogen-bond donors (Lipinski definition) is 2. The first-order valence-electron chi connectivity index (χ1n) is 4.20. The standard InChI is InChI=1S/C9H12O5S/c1-14-9(6-15(11,12)13)7-4-2-3-5-8(7)10/h2-5,9-10H,6H2,1H3,(H,11,12,13). The van der Waals surface area contributed by atoms with Crippen LogP contribution in [0.2, 0.25) is 0 Å². The Hall–Kier alpha value is -1.11. The van der Waals surface area contributed by atoms with E-state index in [1.165, 1.54) is 19.2 Å². The van der Waals surface area contributed by atoms with Crippen LogP contribution in [-0.2, 0) is 14.9 Å². The molecule has 0 bridgehead atoms. The van der Waals surface area contributed by atoms with Crippen LogP contribution in [0.15, 0.2) is 24.3 Å². The molecule has 0 fully saturated rings. The first-order chi connectivity index (χ1) is 6.94. The number of methoxy groups -OCH3 is 1. The molecular formula is C9H12O5S. The molecule has 1 aromatic rings. The van der Waals surface area contributed by atoms with E-state index in [0.717, 1.165) is 0 Å². The van der Waals surface area contributed by atoms with Crippen LogP contribution in [-0.4, -0.2) is 30.9 Å². The predicted molar refractivity (Wildman–Crippen MR) is 54.3 cm³/mol. The van der Waals surface area contributed by atoms with Crippen LogP contribution in [0, 0.1) is 0 Å². The van der Waals surface area contributed by atoms with E-state index >= 15 is 0 Å². The molecule has 0 heterocycles. The highest BCUT2D eigenvalue weighted by atomic mass is 32.2. The van der Waals surface area contributed by atoms with E-state index in [1.807, 2.05) is 0 Å². The number of rotatable bonds is 4. The van der Waals surface area contributed by atoms with Crippen molar-refractivity contribution in [1.82, 2.24) is 0 Å². The van der Waals surface area contributed by atoms with Crippen molar-refractivity contribution in [3.8, 4) is 5.75 Å². The summed E-state index contributed by atoms with van der Waals surface area (Å²) in [7, 11) is -2.83. The van der Waals surface area contributed by atoms with E-state index in [1.54, 1.807) is 12.1 Å². The lowest BCUT2D eigenvalue weighted by molar-refractivity contribution is 0.118. The zero-order chi connectivity index (χ0) is 11.5. The molecule has 6 heteroatoms. The van der Waals surface area contributed by atoms with Gasteiger partial charge in [-0.25, -0.2) is 0 Å². The average Bonchev–Trinajstić information content (AvgIpc) is 2.14. The molecule has 0 radical (unpaired) electrons. The van der Waals surface area contributed by atoms with Crippen LogP contribution in [0.25, 0.3) is 0 Å². The molecule has 0 saturated carbocycles. The lowest BCUT2D eigenvalue weighted by atomic mass is 10.1. The molecule has 1 unspecified atom stereocenters. The molecule has 1 rings (SSSR count). The summed E-state index contributed by atoms with van der Waals surface area (Å²) in [5, 5.41) is 9.45. The van der Waals surface area contributed by atoms with Gasteiger partial charge in [-0.05, 0) is 6.07 Å². The third-order valence-electron chi connectivity index (χ3n) is 1.93. The van der Waals surface area contributed by atoms with Gasteiger partial charge in [0.15, 0.2) is 0 Å². The van der Waals surface area contributed by atoms with E-state index in [4.69, 9.17) is 9.29 Å². The fraction of sp³-hybridized carbons (Fsp3) is 0.333. The van der Waals surface area contributed by atoms with Crippen molar-refractivity contribution in [3.05, 3.63) is 29.8 Å². The van der Waals surface area contributed by atoms with Gasteiger partial charge in [0.2, 0.25) is 0 Å². The molecular weight excluding hydrogens is 220 g/mol. The van der Waals surface area contributed by atoms with E-state index < -0.39 is 22.0 Å². The number of hydrogen-bond acceptors (Lipinski definition) is 4. The molecule has 0 spiro atoms. The molecule has 0 aliphatic rings. The third-order valence-corrected chi connectivity index (χ3v) is 2.65. The quantitative estimate of drug-likeness (QED) is 0.755. The molecule has 0 aromatic heterocycles. The highest BCUT2D eigenvalue weighted by Crippen LogP contribution is 2.26. The number of ether oxygens (including phenoxy) is 1. The predicted octanol–water partition coefficient (Wildman–Crippen LogP) is 0.968. The smallest absolute Gasteiger partial charge is 0.267 e. The zero-order valence-corrected chi connectivity index (χ0v) is 8.94. The van der Waals surface area contributed by atoms with Crippen LogP contribution in [0.4, 0.5) is 0 Å². The van der Waals surface area contributed by atoms with E-state index in [2.05, 4.69) is 0 Å². The van der Waals surface area contributed by atoms with Gasteiger partial charge in [0.1, 0.15) is 17.6 Å². The summed E-state index contributed by atoms with van der Waals surface area (Å²) in [4.78, 5) is 0. The molecule has 0 saturated heterocycles. The molecule has 1 aromatic carbocycles. The Labute approximate surface area is 88.1 Å². The van der Waals surface area contributed by atoms with Gasteiger partial charge in [-0.2, -0.15) is 8.42 Å². The van der Waals surface area contributed by atoms with Crippen molar-refractivity contribution >= 4 is 10.1 Å². The van der Waals surface area contributed by atoms with Crippen molar-refractivity contribution in [3.63, 3.8) is 0 Å². The molecule has 0 amide bonds. The van der Waals surface area contributed by atoms with Crippen LogP contribution in [0.3, 0.4) is 0 Å². The van der Waals surface area contributed by atoms with Gasteiger partial charge in [0.25, 0.3) is 10.1 Å². The summed E-state index contributed by atoms with van der Waals surface area (Å²) in [5.74, 6) is -0.644. The Morgan fingerprint density at radius 2 is 2.00 bits per heavy atom. The maximum Gasteiger partial charge on any atom is 0.267 e. The van der Waals surface area contributed by atoms with E-state index in [0.29, 0.717) is 5.56 Å². The minimum Gasteiger partial charge on any atom is -0.508 e. The Morgan fingerprint density at radius 3 is 2.47 bits per heavy atom. The van der Waals surface area contributed by atoms with E-state index in [-0.39, 0.29) is 5.75 Å². The number of aromatic hydroxyl groups is 1. The Bertz CT molecular complexity index is 426. The molecule has 1 atom stereocenters. The maximum atomic E-state index is 10.7. The summed E-state index contributed by atoms with van der Waals surface area (Å²) >= 11 is 0. The topological polar surface area (TPSA) is 83.8 Å². The van der Waals surface area contributed by atoms with Crippen molar-refractivity contribution in [2.45, 2.75) is 6.10 Å². The normalized spacial score (nSPS) is 13.7. The molecule has 84 valence electrons. The van der Waals surface area contributed by atoms with Gasteiger partial charge in [-0.3, -0.25) is 4.55 Å².